The molecule has 0 spiro atoms. The Bertz CT molecular complexity index is 1490. The number of likely N-dealkylation sites (N-methyl/N-ethyl adjacent to an activating group) is 1. The summed E-state index contributed by atoms with van der Waals surface area (Å²) in [5, 5.41) is 3.53. The SMILES string of the molecule is CCNC(=O)[C@@H](CC)N(Cc1ccc(Cl)cc1Cl)C(=O)CN(c1ccccc1OCC)S(=O)(=O)c1ccc(SC)cc1. The van der Waals surface area contributed by atoms with Gasteiger partial charge < -0.3 is 15.0 Å². The van der Waals surface area contributed by atoms with E-state index in [0.29, 0.717) is 34.3 Å². The van der Waals surface area contributed by atoms with E-state index in [1.165, 1.54) is 28.8 Å². The van der Waals surface area contributed by atoms with Gasteiger partial charge in [-0.1, -0.05) is 48.3 Å². The molecule has 8 nitrogen and oxygen atoms in total. The van der Waals surface area contributed by atoms with Crippen LogP contribution in [-0.4, -0.2) is 57.1 Å². The number of sulfonamides is 1. The Morgan fingerprint density at radius 1 is 1.00 bits per heavy atom. The first-order valence-electron chi connectivity index (χ1n) is 13.5. The van der Waals surface area contributed by atoms with Gasteiger partial charge in [-0.2, -0.15) is 0 Å². The molecular formula is C30H35Cl2N3O5S2. The number of para-hydroxylation sites is 2. The zero-order valence-corrected chi connectivity index (χ0v) is 27.1. The second-order valence-corrected chi connectivity index (χ2v) is 12.7. The molecule has 0 aliphatic rings. The molecule has 0 saturated carbocycles. The Hall–Kier alpha value is -2.92. The molecule has 0 aliphatic heterocycles. The van der Waals surface area contributed by atoms with Gasteiger partial charge >= 0.3 is 0 Å². The molecule has 42 heavy (non-hydrogen) atoms. The lowest BCUT2D eigenvalue weighted by Gasteiger charge is -2.33. The van der Waals surface area contributed by atoms with Gasteiger partial charge in [0.15, 0.2) is 0 Å². The van der Waals surface area contributed by atoms with Crippen molar-refractivity contribution < 1.29 is 22.7 Å². The molecule has 0 heterocycles. The summed E-state index contributed by atoms with van der Waals surface area (Å²) >= 11 is 14.0. The second kappa shape index (κ2) is 15.5. The maximum atomic E-state index is 14.2. The van der Waals surface area contributed by atoms with E-state index in [2.05, 4.69) is 5.32 Å². The van der Waals surface area contributed by atoms with Gasteiger partial charge in [-0.05, 0) is 80.6 Å². The van der Waals surface area contributed by atoms with Gasteiger partial charge in [0.05, 0.1) is 17.2 Å². The second-order valence-electron chi connectivity index (χ2n) is 9.16. The van der Waals surface area contributed by atoms with E-state index in [4.69, 9.17) is 27.9 Å². The summed E-state index contributed by atoms with van der Waals surface area (Å²) in [6.45, 7) is 5.40. The van der Waals surface area contributed by atoms with E-state index in [0.717, 1.165) is 9.20 Å². The molecule has 0 unspecified atom stereocenters. The third-order valence-electron chi connectivity index (χ3n) is 6.45. The van der Waals surface area contributed by atoms with Gasteiger partial charge in [0, 0.05) is 28.0 Å². The molecule has 0 saturated heterocycles. The van der Waals surface area contributed by atoms with Crippen molar-refractivity contribution >= 4 is 62.5 Å². The van der Waals surface area contributed by atoms with E-state index in [1.807, 2.05) is 6.26 Å². The number of hydrogen-bond donors (Lipinski definition) is 1. The van der Waals surface area contributed by atoms with Gasteiger partial charge in [-0.3, -0.25) is 13.9 Å². The topological polar surface area (TPSA) is 96.0 Å². The summed E-state index contributed by atoms with van der Waals surface area (Å²) < 4.78 is 35.1. The van der Waals surface area contributed by atoms with E-state index >= 15 is 0 Å². The van der Waals surface area contributed by atoms with Crippen molar-refractivity contribution in [3.63, 3.8) is 0 Å². The van der Waals surface area contributed by atoms with Gasteiger partial charge in [0.25, 0.3) is 10.0 Å². The first-order chi connectivity index (χ1) is 20.1. The van der Waals surface area contributed by atoms with Crippen LogP contribution in [0.1, 0.15) is 32.8 Å². The number of anilines is 1. The van der Waals surface area contributed by atoms with Crippen molar-refractivity contribution in [2.24, 2.45) is 0 Å². The highest BCUT2D eigenvalue weighted by atomic mass is 35.5. The number of hydrogen-bond acceptors (Lipinski definition) is 6. The third kappa shape index (κ3) is 8.12. The molecule has 1 N–H and O–H groups in total. The summed E-state index contributed by atoms with van der Waals surface area (Å²) in [4.78, 5) is 29.6. The Morgan fingerprint density at radius 3 is 2.29 bits per heavy atom. The number of nitrogens with one attached hydrogen (secondary N) is 1. The number of rotatable bonds is 14. The van der Waals surface area contributed by atoms with Crippen LogP contribution in [0.5, 0.6) is 5.75 Å². The smallest absolute Gasteiger partial charge is 0.264 e. The monoisotopic (exact) mass is 651 g/mol. The Morgan fingerprint density at radius 2 is 1.69 bits per heavy atom. The average molecular weight is 653 g/mol. The number of thioether (sulfide) groups is 1. The minimum atomic E-state index is -4.25. The lowest BCUT2D eigenvalue weighted by atomic mass is 10.1. The Balaban J connectivity index is 2.13. The lowest BCUT2D eigenvalue weighted by Crippen LogP contribution is -2.52. The predicted molar refractivity (Wildman–Crippen MR) is 170 cm³/mol. The standard InChI is InChI=1S/C30H35Cl2N3O5S2/c1-5-26(30(37)33-6-2)34(19-21-12-13-22(31)18-25(21)32)29(36)20-35(27-10-8-9-11-28(27)40-7-3)42(38,39)24-16-14-23(41-4)15-17-24/h8-18,26H,5-7,19-20H2,1-4H3,(H,33,37)/t26-/m1/s1. The minimum Gasteiger partial charge on any atom is -0.492 e. The van der Waals surface area contributed by atoms with Gasteiger partial charge in [0.1, 0.15) is 18.3 Å². The summed E-state index contributed by atoms with van der Waals surface area (Å²) in [7, 11) is -4.25. The molecule has 1 atom stereocenters. The average Bonchev–Trinajstić information content (AvgIpc) is 2.97. The van der Waals surface area contributed by atoms with Crippen molar-refractivity contribution in [1.82, 2.24) is 10.2 Å². The van der Waals surface area contributed by atoms with E-state index in [9.17, 15) is 18.0 Å². The predicted octanol–water partition coefficient (Wildman–Crippen LogP) is 6.25. The van der Waals surface area contributed by atoms with Crippen molar-refractivity contribution in [3.05, 3.63) is 82.3 Å². The van der Waals surface area contributed by atoms with Crippen LogP contribution < -0.4 is 14.4 Å². The van der Waals surface area contributed by atoms with Gasteiger partial charge in [0.2, 0.25) is 11.8 Å². The summed E-state index contributed by atoms with van der Waals surface area (Å²) in [5.74, 6) is -0.634. The number of benzene rings is 3. The number of amides is 2. The number of nitrogens with zero attached hydrogens (tertiary/aromatic N) is 2. The largest absolute Gasteiger partial charge is 0.492 e. The van der Waals surface area contributed by atoms with Crippen molar-refractivity contribution in [2.45, 2.75) is 49.6 Å². The quantitative estimate of drug-likeness (QED) is 0.207. The first kappa shape index (κ1) is 33.6. The Kier molecular flexibility index (Phi) is 12.4. The highest BCUT2D eigenvalue weighted by Crippen LogP contribution is 2.33. The molecular weight excluding hydrogens is 617 g/mol. The summed E-state index contributed by atoms with van der Waals surface area (Å²) in [5.41, 5.74) is 0.770. The summed E-state index contributed by atoms with van der Waals surface area (Å²) in [6, 6.07) is 17.1. The van der Waals surface area contributed by atoms with Crippen LogP contribution >= 0.6 is 35.0 Å². The fraction of sp³-hybridized carbons (Fsp3) is 0.333. The number of halogens is 2. The molecule has 0 aromatic heterocycles. The Labute approximate surface area is 262 Å². The van der Waals surface area contributed by atoms with E-state index < -0.39 is 28.5 Å². The first-order valence-corrected chi connectivity index (χ1v) is 16.9. The molecule has 3 aromatic rings. The van der Waals surface area contributed by atoms with Crippen LogP contribution in [-0.2, 0) is 26.2 Å². The van der Waals surface area contributed by atoms with Crippen LogP contribution in [0, 0.1) is 0 Å². The minimum absolute atomic E-state index is 0.0162. The molecule has 3 rings (SSSR count). The zero-order chi connectivity index (χ0) is 30.9. The third-order valence-corrected chi connectivity index (χ3v) is 9.56. The number of carbonyl (C=O) groups is 2. The molecule has 12 heteroatoms. The maximum Gasteiger partial charge on any atom is 0.264 e. The van der Waals surface area contributed by atoms with Crippen LogP contribution in [0.2, 0.25) is 10.0 Å². The lowest BCUT2D eigenvalue weighted by molar-refractivity contribution is -0.140. The van der Waals surface area contributed by atoms with Crippen LogP contribution in [0.3, 0.4) is 0 Å². The highest BCUT2D eigenvalue weighted by Gasteiger charge is 2.35. The van der Waals surface area contributed by atoms with Crippen LogP contribution in [0.4, 0.5) is 5.69 Å². The van der Waals surface area contributed by atoms with E-state index in [-0.39, 0.29) is 29.6 Å². The van der Waals surface area contributed by atoms with Crippen LogP contribution in [0.25, 0.3) is 0 Å². The fourth-order valence-corrected chi connectivity index (χ4v) is 6.68. The van der Waals surface area contributed by atoms with Gasteiger partial charge in [-0.15, -0.1) is 11.8 Å². The zero-order valence-electron chi connectivity index (χ0n) is 24.0. The molecule has 0 aliphatic carbocycles. The molecule has 2 amide bonds. The van der Waals surface area contributed by atoms with Gasteiger partial charge in [-0.25, -0.2) is 8.42 Å². The van der Waals surface area contributed by atoms with Crippen molar-refractivity contribution in [1.29, 1.82) is 0 Å². The number of ether oxygens (including phenoxy) is 1. The highest BCUT2D eigenvalue weighted by molar-refractivity contribution is 7.98. The van der Waals surface area contributed by atoms with Crippen molar-refractivity contribution in [2.75, 3.05) is 30.3 Å². The van der Waals surface area contributed by atoms with E-state index in [1.54, 1.807) is 75.4 Å². The molecule has 0 bridgehead atoms. The molecule has 3 aromatic carbocycles. The maximum absolute atomic E-state index is 14.2. The fourth-order valence-electron chi connectivity index (χ4n) is 4.37. The molecule has 0 fully saturated rings. The molecule has 0 radical (unpaired) electrons. The normalized spacial score (nSPS) is 12.0. The van der Waals surface area contributed by atoms with Crippen molar-refractivity contribution in [3.8, 4) is 5.75 Å². The number of carbonyl (C=O) groups excluding carboxylic acids is 2. The van der Waals surface area contributed by atoms with Crippen LogP contribution in [0.15, 0.2) is 76.5 Å². The molecule has 226 valence electrons. The summed E-state index contributed by atoms with van der Waals surface area (Å²) in [6.07, 6.45) is 2.19.